The van der Waals surface area contributed by atoms with Crippen molar-refractivity contribution in [1.29, 1.82) is 0 Å². The fourth-order valence-electron chi connectivity index (χ4n) is 2.25. The van der Waals surface area contributed by atoms with Crippen LogP contribution in [-0.2, 0) is 26.2 Å². The van der Waals surface area contributed by atoms with Crippen LogP contribution in [0.15, 0.2) is 53.4 Å². The van der Waals surface area contributed by atoms with Crippen molar-refractivity contribution >= 4 is 16.0 Å². The second-order valence-electron chi connectivity index (χ2n) is 5.56. The molecule has 146 valence electrons. The number of nitrogens with one attached hydrogen (secondary N) is 1. The third-order valence-electron chi connectivity index (χ3n) is 3.60. The third kappa shape index (κ3) is 6.58. The monoisotopic (exact) mass is 393 g/mol. The molecule has 0 aliphatic rings. The van der Waals surface area contributed by atoms with E-state index in [1.165, 1.54) is 12.1 Å². The Labute approximate surface area is 159 Å². The number of carbonyl (C=O) groups is 1. The number of hydrogen-bond acceptors (Lipinski definition) is 6. The molecule has 7 nitrogen and oxygen atoms in total. The van der Waals surface area contributed by atoms with Gasteiger partial charge in [-0.05, 0) is 48.9 Å². The van der Waals surface area contributed by atoms with Gasteiger partial charge in [0.15, 0.2) is 0 Å². The molecule has 0 atom stereocenters. The maximum Gasteiger partial charge on any atom is 0.307 e. The van der Waals surface area contributed by atoms with E-state index in [4.69, 9.17) is 14.2 Å². The maximum absolute atomic E-state index is 12.2. The number of carbonyl (C=O) groups excluding carboxylic acids is 1. The van der Waals surface area contributed by atoms with Crippen molar-refractivity contribution in [3.63, 3.8) is 0 Å². The fourth-order valence-corrected chi connectivity index (χ4v) is 3.28. The summed E-state index contributed by atoms with van der Waals surface area (Å²) in [5.41, 5.74) is 0.790. The normalized spacial score (nSPS) is 11.0. The molecule has 0 aliphatic carbocycles. The molecule has 2 rings (SSSR count). The van der Waals surface area contributed by atoms with Gasteiger partial charge in [0, 0.05) is 6.54 Å². The Morgan fingerprint density at radius 3 is 2.48 bits per heavy atom. The highest BCUT2D eigenvalue weighted by molar-refractivity contribution is 7.89. The number of esters is 1. The van der Waals surface area contributed by atoms with Crippen LogP contribution in [0.4, 0.5) is 0 Å². The largest absolute Gasteiger partial charge is 0.497 e. The molecule has 0 fully saturated rings. The summed E-state index contributed by atoms with van der Waals surface area (Å²) in [6.07, 6.45) is -0.0692. The van der Waals surface area contributed by atoms with E-state index in [2.05, 4.69) is 4.72 Å². The van der Waals surface area contributed by atoms with Gasteiger partial charge in [-0.15, -0.1) is 0 Å². The number of hydrogen-bond donors (Lipinski definition) is 1. The molecule has 8 heteroatoms. The smallest absolute Gasteiger partial charge is 0.307 e. The molecule has 0 heterocycles. The first-order valence-electron chi connectivity index (χ1n) is 8.45. The second-order valence-corrected chi connectivity index (χ2v) is 7.33. The zero-order chi connectivity index (χ0) is 19.7. The predicted molar refractivity (Wildman–Crippen MR) is 100 cm³/mol. The van der Waals surface area contributed by atoms with Crippen LogP contribution in [-0.4, -0.2) is 34.6 Å². The molecule has 2 aromatic carbocycles. The maximum atomic E-state index is 12.2. The Kier molecular flexibility index (Phi) is 7.63. The van der Waals surface area contributed by atoms with Crippen LogP contribution < -0.4 is 14.2 Å². The van der Waals surface area contributed by atoms with Crippen molar-refractivity contribution in [2.24, 2.45) is 0 Å². The van der Waals surface area contributed by atoms with E-state index < -0.39 is 16.0 Å². The first-order chi connectivity index (χ1) is 12.9. The van der Waals surface area contributed by atoms with Gasteiger partial charge in [0.25, 0.3) is 0 Å². The summed E-state index contributed by atoms with van der Waals surface area (Å²) in [6.45, 7) is 2.40. The van der Waals surface area contributed by atoms with E-state index in [9.17, 15) is 13.2 Å². The van der Waals surface area contributed by atoms with Crippen LogP contribution in [0.2, 0.25) is 0 Å². The van der Waals surface area contributed by atoms with Gasteiger partial charge in [-0.1, -0.05) is 12.1 Å². The van der Waals surface area contributed by atoms with Crippen molar-refractivity contribution in [2.75, 3.05) is 20.3 Å². The average Bonchev–Trinajstić information content (AvgIpc) is 2.67. The first kappa shape index (κ1) is 20.7. The van der Waals surface area contributed by atoms with Crippen LogP contribution in [0.5, 0.6) is 11.5 Å². The SMILES string of the molecule is CCOc1ccc(S(=O)(=O)NCCC(=O)OCc2cccc(OC)c2)cc1. The highest BCUT2D eigenvalue weighted by Crippen LogP contribution is 2.16. The van der Waals surface area contributed by atoms with E-state index in [0.29, 0.717) is 18.1 Å². The van der Waals surface area contributed by atoms with Crippen LogP contribution in [0.25, 0.3) is 0 Å². The van der Waals surface area contributed by atoms with Gasteiger partial charge >= 0.3 is 5.97 Å². The summed E-state index contributed by atoms with van der Waals surface area (Å²) in [5, 5.41) is 0. The Morgan fingerprint density at radius 2 is 1.81 bits per heavy atom. The van der Waals surface area contributed by atoms with E-state index in [-0.39, 0.29) is 24.5 Å². The third-order valence-corrected chi connectivity index (χ3v) is 5.08. The lowest BCUT2D eigenvalue weighted by atomic mass is 10.2. The van der Waals surface area contributed by atoms with Crippen molar-refractivity contribution in [3.8, 4) is 11.5 Å². The number of sulfonamides is 1. The molecule has 0 bridgehead atoms. The molecule has 27 heavy (non-hydrogen) atoms. The van der Waals surface area contributed by atoms with Crippen LogP contribution in [0.3, 0.4) is 0 Å². The minimum absolute atomic E-state index is 0.0491. The molecule has 0 saturated carbocycles. The number of benzene rings is 2. The minimum Gasteiger partial charge on any atom is -0.497 e. The second kappa shape index (κ2) is 9.94. The number of methoxy groups -OCH3 is 1. The lowest BCUT2D eigenvalue weighted by Gasteiger charge is -2.09. The average molecular weight is 393 g/mol. The summed E-state index contributed by atoms with van der Waals surface area (Å²) < 4.78 is 42.3. The van der Waals surface area contributed by atoms with E-state index in [1.54, 1.807) is 37.4 Å². The van der Waals surface area contributed by atoms with Crippen molar-refractivity contribution in [2.45, 2.75) is 24.8 Å². The van der Waals surface area contributed by atoms with Gasteiger partial charge in [-0.2, -0.15) is 0 Å². The fraction of sp³-hybridized carbons (Fsp3) is 0.316. The lowest BCUT2D eigenvalue weighted by Crippen LogP contribution is -2.26. The van der Waals surface area contributed by atoms with Crippen LogP contribution in [0.1, 0.15) is 18.9 Å². The zero-order valence-electron chi connectivity index (χ0n) is 15.3. The topological polar surface area (TPSA) is 90.9 Å². The molecule has 0 aromatic heterocycles. The van der Waals surface area contributed by atoms with Crippen molar-refractivity contribution in [1.82, 2.24) is 4.72 Å². The standard InChI is InChI=1S/C19H23NO6S/c1-3-25-16-7-9-18(10-8-16)27(22,23)20-12-11-19(21)26-14-15-5-4-6-17(13-15)24-2/h4-10,13,20H,3,11-12,14H2,1-2H3. The number of ether oxygens (including phenoxy) is 3. The van der Waals surface area contributed by atoms with Crippen LogP contribution in [0, 0.1) is 0 Å². The summed E-state index contributed by atoms with van der Waals surface area (Å²) in [4.78, 5) is 11.9. The molecule has 2 aromatic rings. The van der Waals surface area contributed by atoms with Gasteiger partial charge < -0.3 is 14.2 Å². The summed E-state index contributed by atoms with van der Waals surface area (Å²) in [7, 11) is -2.14. The van der Waals surface area contributed by atoms with Crippen molar-refractivity contribution in [3.05, 3.63) is 54.1 Å². The van der Waals surface area contributed by atoms with E-state index >= 15 is 0 Å². The van der Waals surface area contributed by atoms with Gasteiger partial charge in [0.2, 0.25) is 10.0 Å². The van der Waals surface area contributed by atoms with E-state index in [1.807, 2.05) is 13.0 Å². The molecule has 0 radical (unpaired) electrons. The highest BCUT2D eigenvalue weighted by atomic mass is 32.2. The predicted octanol–water partition coefficient (Wildman–Crippen LogP) is 2.51. The van der Waals surface area contributed by atoms with Gasteiger partial charge in [0.05, 0.1) is 25.0 Å². The summed E-state index contributed by atoms with van der Waals surface area (Å²) in [5.74, 6) is 0.774. The molecule has 0 spiro atoms. The van der Waals surface area contributed by atoms with Gasteiger partial charge in [-0.3, -0.25) is 4.79 Å². The van der Waals surface area contributed by atoms with Crippen molar-refractivity contribution < 1.29 is 27.4 Å². The quantitative estimate of drug-likeness (QED) is 0.624. The zero-order valence-corrected chi connectivity index (χ0v) is 16.1. The summed E-state index contributed by atoms with van der Waals surface area (Å²) in [6, 6.07) is 13.2. The molecule has 1 N–H and O–H groups in total. The van der Waals surface area contributed by atoms with Gasteiger partial charge in [-0.25, -0.2) is 13.1 Å². The lowest BCUT2D eigenvalue weighted by molar-refractivity contribution is -0.144. The Hall–Kier alpha value is -2.58. The Morgan fingerprint density at radius 1 is 1.07 bits per heavy atom. The van der Waals surface area contributed by atoms with Crippen LogP contribution >= 0.6 is 0 Å². The van der Waals surface area contributed by atoms with Gasteiger partial charge in [0.1, 0.15) is 18.1 Å². The Balaban J connectivity index is 1.79. The molecule has 0 amide bonds. The summed E-state index contributed by atoms with van der Waals surface area (Å²) >= 11 is 0. The highest BCUT2D eigenvalue weighted by Gasteiger charge is 2.14. The molecule has 0 unspecified atom stereocenters. The minimum atomic E-state index is -3.69. The van der Waals surface area contributed by atoms with E-state index in [0.717, 1.165) is 5.56 Å². The molecular weight excluding hydrogens is 370 g/mol. The molecular formula is C19H23NO6S. The number of rotatable bonds is 10. The first-order valence-corrected chi connectivity index (χ1v) is 9.94. The Bertz CT molecular complexity index is 849. The molecule has 0 saturated heterocycles. The molecule has 0 aliphatic heterocycles.